The van der Waals surface area contributed by atoms with Crippen molar-refractivity contribution in [3.63, 3.8) is 0 Å². The predicted molar refractivity (Wildman–Crippen MR) is 55.5 cm³/mol. The van der Waals surface area contributed by atoms with E-state index in [1.807, 2.05) is 0 Å². The minimum Gasteiger partial charge on any atom is -0.506 e. The Hall–Kier alpha value is -2.17. The number of amides is 1. The van der Waals surface area contributed by atoms with Crippen LogP contribution in [0.5, 0.6) is 5.75 Å². The van der Waals surface area contributed by atoms with Crippen LogP contribution < -0.4 is 11.2 Å². The van der Waals surface area contributed by atoms with E-state index in [1.165, 1.54) is 6.26 Å². The molecule has 5 heteroatoms. The largest absolute Gasteiger partial charge is 0.506 e. The molecule has 0 aliphatic carbocycles. The third kappa shape index (κ3) is 4.04. The SMILES string of the molecule is Nc1ccccc1O.O=C1CC=CON1. The van der Waals surface area contributed by atoms with E-state index in [9.17, 15) is 4.79 Å². The quantitative estimate of drug-likeness (QED) is 0.437. The molecule has 4 N–H and O–H groups in total. The van der Waals surface area contributed by atoms with Gasteiger partial charge in [0, 0.05) is 0 Å². The number of benzene rings is 1. The molecule has 1 aromatic rings. The number of hydrogen-bond donors (Lipinski definition) is 3. The van der Waals surface area contributed by atoms with Crippen LogP contribution in [0.15, 0.2) is 36.6 Å². The average Bonchev–Trinajstić information content (AvgIpc) is 2.25. The highest BCUT2D eigenvalue weighted by Crippen LogP contribution is 2.16. The Morgan fingerprint density at radius 2 is 2.13 bits per heavy atom. The number of hydrogen-bond acceptors (Lipinski definition) is 4. The number of anilines is 1. The zero-order valence-corrected chi connectivity index (χ0v) is 8.01. The minimum atomic E-state index is -0.0949. The summed E-state index contributed by atoms with van der Waals surface area (Å²) in [5, 5.41) is 8.79. The summed E-state index contributed by atoms with van der Waals surface area (Å²) in [7, 11) is 0. The fourth-order valence-corrected chi connectivity index (χ4v) is 0.832. The number of nitrogens with two attached hydrogens (primary N) is 1. The molecule has 0 aromatic heterocycles. The van der Waals surface area contributed by atoms with E-state index in [0.29, 0.717) is 12.1 Å². The third-order valence-electron chi connectivity index (χ3n) is 1.58. The summed E-state index contributed by atoms with van der Waals surface area (Å²) in [5.41, 5.74) is 7.85. The van der Waals surface area contributed by atoms with E-state index < -0.39 is 0 Å². The van der Waals surface area contributed by atoms with Crippen LogP contribution in [0.3, 0.4) is 0 Å². The van der Waals surface area contributed by atoms with Crippen molar-refractivity contribution in [2.75, 3.05) is 5.73 Å². The summed E-state index contributed by atoms with van der Waals surface area (Å²) in [6.45, 7) is 0. The molecule has 15 heavy (non-hydrogen) atoms. The lowest BCUT2D eigenvalue weighted by Gasteiger charge is -2.03. The molecule has 0 spiro atoms. The van der Waals surface area contributed by atoms with Gasteiger partial charge in [-0.2, -0.15) is 5.48 Å². The first-order chi connectivity index (χ1) is 7.20. The fraction of sp³-hybridized carbons (Fsp3) is 0.100. The summed E-state index contributed by atoms with van der Waals surface area (Å²) in [5.74, 6) is 0.0509. The molecule has 5 nitrogen and oxygen atoms in total. The zero-order chi connectivity index (χ0) is 11.1. The highest BCUT2D eigenvalue weighted by Gasteiger charge is 1.98. The van der Waals surface area contributed by atoms with E-state index in [-0.39, 0.29) is 11.7 Å². The molecule has 0 unspecified atom stereocenters. The molecule has 0 fully saturated rings. The van der Waals surface area contributed by atoms with Gasteiger partial charge in [-0.1, -0.05) is 12.1 Å². The highest BCUT2D eigenvalue weighted by molar-refractivity contribution is 5.76. The van der Waals surface area contributed by atoms with Crippen molar-refractivity contribution >= 4 is 11.6 Å². The van der Waals surface area contributed by atoms with Crippen molar-refractivity contribution in [1.82, 2.24) is 5.48 Å². The Morgan fingerprint density at radius 1 is 1.40 bits per heavy atom. The molecular weight excluding hydrogens is 196 g/mol. The molecule has 0 atom stereocenters. The highest BCUT2D eigenvalue weighted by atomic mass is 16.6. The molecule has 0 bridgehead atoms. The Labute approximate surface area is 87.1 Å². The van der Waals surface area contributed by atoms with Gasteiger partial charge >= 0.3 is 0 Å². The summed E-state index contributed by atoms with van der Waals surface area (Å²) in [4.78, 5) is 14.6. The van der Waals surface area contributed by atoms with E-state index in [2.05, 4.69) is 10.3 Å². The van der Waals surface area contributed by atoms with Gasteiger partial charge in [-0.05, 0) is 18.2 Å². The van der Waals surface area contributed by atoms with Crippen LogP contribution in [-0.4, -0.2) is 11.0 Å². The Kier molecular flexibility index (Phi) is 4.03. The van der Waals surface area contributed by atoms with Gasteiger partial charge in [0.05, 0.1) is 12.1 Å². The maximum Gasteiger partial charge on any atom is 0.256 e. The van der Waals surface area contributed by atoms with Crippen molar-refractivity contribution in [3.8, 4) is 5.75 Å². The second-order valence-electron chi connectivity index (χ2n) is 2.78. The fourth-order valence-electron chi connectivity index (χ4n) is 0.832. The van der Waals surface area contributed by atoms with Crippen molar-refractivity contribution in [2.45, 2.75) is 6.42 Å². The molecule has 0 saturated carbocycles. The summed E-state index contributed by atoms with van der Waals surface area (Å²) in [6.07, 6.45) is 3.53. The van der Waals surface area contributed by atoms with Crippen molar-refractivity contribution in [3.05, 3.63) is 36.6 Å². The topological polar surface area (TPSA) is 84.6 Å². The molecule has 0 radical (unpaired) electrons. The van der Waals surface area contributed by atoms with Crippen LogP contribution in [0.2, 0.25) is 0 Å². The first-order valence-electron chi connectivity index (χ1n) is 4.33. The average molecular weight is 208 g/mol. The number of phenols is 1. The second-order valence-corrected chi connectivity index (χ2v) is 2.78. The van der Waals surface area contributed by atoms with Crippen LogP contribution in [0.4, 0.5) is 5.69 Å². The third-order valence-corrected chi connectivity index (χ3v) is 1.58. The molecule has 1 amide bonds. The van der Waals surface area contributed by atoms with Crippen molar-refractivity contribution < 1.29 is 14.7 Å². The van der Waals surface area contributed by atoms with Crippen molar-refractivity contribution in [1.29, 1.82) is 0 Å². The first-order valence-corrected chi connectivity index (χ1v) is 4.33. The predicted octanol–water partition coefficient (Wildman–Crippen LogP) is 0.926. The van der Waals surface area contributed by atoms with Crippen LogP contribution >= 0.6 is 0 Å². The van der Waals surface area contributed by atoms with E-state index in [1.54, 1.807) is 30.3 Å². The van der Waals surface area contributed by atoms with E-state index >= 15 is 0 Å². The van der Waals surface area contributed by atoms with Gasteiger partial charge in [-0.25, -0.2) is 0 Å². The number of rotatable bonds is 0. The first kappa shape index (κ1) is 10.9. The number of hydroxylamine groups is 1. The maximum atomic E-state index is 10.2. The number of nitrogen functional groups attached to an aromatic ring is 1. The molecule has 1 aromatic carbocycles. The normalized spacial score (nSPS) is 13.2. The lowest BCUT2D eigenvalue weighted by atomic mass is 10.3. The maximum absolute atomic E-state index is 10.2. The molecule has 1 aliphatic rings. The number of phenolic OH excluding ortho intramolecular Hbond substituents is 1. The van der Waals surface area contributed by atoms with Crippen LogP contribution in [0, 0.1) is 0 Å². The lowest BCUT2D eigenvalue weighted by molar-refractivity contribution is -0.130. The van der Waals surface area contributed by atoms with Gasteiger partial charge in [0.15, 0.2) is 0 Å². The summed E-state index contributed by atoms with van der Waals surface area (Å²) in [6, 6.07) is 6.70. The lowest BCUT2D eigenvalue weighted by Crippen LogP contribution is -2.22. The van der Waals surface area contributed by atoms with Crippen LogP contribution in [-0.2, 0) is 9.63 Å². The smallest absolute Gasteiger partial charge is 0.256 e. The van der Waals surface area contributed by atoms with Gasteiger partial charge in [0.1, 0.15) is 12.0 Å². The van der Waals surface area contributed by atoms with Gasteiger partial charge < -0.3 is 15.7 Å². The molecule has 80 valence electrons. The molecule has 1 aliphatic heterocycles. The second kappa shape index (κ2) is 5.54. The number of para-hydroxylation sites is 2. The van der Waals surface area contributed by atoms with Gasteiger partial charge in [0.25, 0.3) is 5.91 Å². The Bertz CT molecular complexity index is 342. The number of nitrogens with one attached hydrogen (secondary N) is 1. The van der Waals surface area contributed by atoms with Crippen LogP contribution in [0.25, 0.3) is 0 Å². The Balaban J connectivity index is 0.000000151. The van der Waals surface area contributed by atoms with E-state index in [4.69, 9.17) is 10.8 Å². The number of aromatic hydroxyl groups is 1. The number of carbonyl (C=O) groups is 1. The molecule has 1 heterocycles. The monoisotopic (exact) mass is 208 g/mol. The molecular formula is C10H12N2O3. The van der Waals surface area contributed by atoms with Gasteiger partial charge in [-0.15, -0.1) is 0 Å². The van der Waals surface area contributed by atoms with Gasteiger partial charge in [-0.3, -0.25) is 4.79 Å². The van der Waals surface area contributed by atoms with Gasteiger partial charge in [0.2, 0.25) is 0 Å². The standard InChI is InChI=1S/C6H7NO.C4H5NO2/c7-5-3-1-2-4-6(5)8;6-4-2-1-3-7-5-4/h1-4,8H,7H2;1,3H,2H2,(H,5,6). The van der Waals surface area contributed by atoms with Crippen LogP contribution in [0.1, 0.15) is 6.42 Å². The summed E-state index contributed by atoms with van der Waals surface area (Å²) >= 11 is 0. The zero-order valence-electron chi connectivity index (χ0n) is 8.01. The van der Waals surface area contributed by atoms with Crippen molar-refractivity contribution in [2.24, 2.45) is 0 Å². The number of carbonyl (C=O) groups excluding carboxylic acids is 1. The molecule has 2 rings (SSSR count). The molecule has 0 saturated heterocycles. The minimum absolute atomic E-state index is 0.0949. The Morgan fingerprint density at radius 3 is 2.47 bits per heavy atom. The van der Waals surface area contributed by atoms with E-state index in [0.717, 1.165) is 0 Å². The summed E-state index contributed by atoms with van der Waals surface area (Å²) < 4.78 is 0.